The van der Waals surface area contributed by atoms with Crippen molar-refractivity contribution in [2.75, 3.05) is 11.9 Å². The average Bonchev–Trinajstić information content (AvgIpc) is 3.47. The average molecular weight is 365 g/mol. The van der Waals surface area contributed by atoms with E-state index in [0.717, 1.165) is 50.8 Å². The van der Waals surface area contributed by atoms with Gasteiger partial charge in [-0.2, -0.15) is 0 Å². The Kier molecular flexibility index (Phi) is 5.01. The molecule has 2 heterocycles. The molecule has 2 aromatic rings. The summed E-state index contributed by atoms with van der Waals surface area (Å²) in [5.41, 5.74) is 2.64. The first kappa shape index (κ1) is 17.8. The second kappa shape index (κ2) is 7.59. The molecule has 4 rings (SSSR count). The van der Waals surface area contributed by atoms with Crippen LogP contribution in [0.4, 0.5) is 5.69 Å². The standard InChI is InChI=1S/C22H27N3O2/c1-24-14-5-7-19(24)20-6-3-2-4-15-25(20)22(27)17-10-12-18(13-11-17)23-21(26)16-8-9-16/h5,7,10-14,16,20H,2-4,6,8-9,15H2,1H3,(H,23,26). The zero-order chi connectivity index (χ0) is 18.8. The lowest BCUT2D eigenvalue weighted by Crippen LogP contribution is -2.35. The Morgan fingerprint density at radius 3 is 2.44 bits per heavy atom. The number of benzene rings is 1. The summed E-state index contributed by atoms with van der Waals surface area (Å²) in [6.45, 7) is 0.787. The highest BCUT2D eigenvalue weighted by Gasteiger charge is 2.30. The number of anilines is 1. The molecule has 0 radical (unpaired) electrons. The van der Waals surface area contributed by atoms with Gasteiger partial charge in [0.25, 0.3) is 5.91 Å². The largest absolute Gasteiger partial charge is 0.353 e. The van der Waals surface area contributed by atoms with Crippen molar-refractivity contribution in [2.45, 2.75) is 44.6 Å². The van der Waals surface area contributed by atoms with Crippen molar-refractivity contribution >= 4 is 17.5 Å². The summed E-state index contributed by atoms with van der Waals surface area (Å²) in [5, 5.41) is 2.93. The van der Waals surface area contributed by atoms with Crippen molar-refractivity contribution in [2.24, 2.45) is 13.0 Å². The number of nitrogens with one attached hydrogen (secondary N) is 1. The number of aryl methyl sites for hydroxylation is 1. The maximum atomic E-state index is 13.3. The van der Waals surface area contributed by atoms with E-state index in [4.69, 9.17) is 0 Å². The minimum Gasteiger partial charge on any atom is -0.353 e. The van der Waals surface area contributed by atoms with Crippen molar-refractivity contribution < 1.29 is 9.59 Å². The second-order valence-corrected chi connectivity index (χ2v) is 7.75. The van der Waals surface area contributed by atoms with Gasteiger partial charge in [0.1, 0.15) is 0 Å². The van der Waals surface area contributed by atoms with Crippen LogP contribution in [0.2, 0.25) is 0 Å². The van der Waals surface area contributed by atoms with Crippen LogP contribution < -0.4 is 5.32 Å². The van der Waals surface area contributed by atoms with Crippen molar-refractivity contribution in [1.82, 2.24) is 9.47 Å². The Balaban J connectivity index is 1.52. The summed E-state index contributed by atoms with van der Waals surface area (Å²) in [4.78, 5) is 27.2. The van der Waals surface area contributed by atoms with Gasteiger partial charge < -0.3 is 14.8 Å². The third-order valence-electron chi connectivity index (χ3n) is 5.69. The van der Waals surface area contributed by atoms with E-state index in [1.165, 1.54) is 5.69 Å². The van der Waals surface area contributed by atoms with Gasteiger partial charge >= 0.3 is 0 Å². The molecule has 1 aliphatic heterocycles. The molecule has 1 atom stereocenters. The van der Waals surface area contributed by atoms with Gasteiger partial charge in [0.05, 0.1) is 6.04 Å². The quantitative estimate of drug-likeness (QED) is 0.886. The van der Waals surface area contributed by atoms with Crippen LogP contribution in [0, 0.1) is 5.92 Å². The van der Waals surface area contributed by atoms with E-state index in [2.05, 4.69) is 16.0 Å². The highest BCUT2D eigenvalue weighted by Crippen LogP contribution is 2.32. The normalized spacial score (nSPS) is 20.2. The Morgan fingerprint density at radius 1 is 1.00 bits per heavy atom. The van der Waals surface area contributed by atoms with Crippen LogP contribution in [-0.2, 0) is 11.8 Å². The summed E-state index contributed by atoms with van der Waals surface area (Å²) in [6, 6.07) is 11.6. The minimum atomic E-state index is 0.0724. The van der Waals surface area contributed by atoms with E-state index >= 15 is 0 Å². The molecule has 1 saturated carbocycles. The van der Waals surface area contributed by atoms with Crippen LogP contribution >= 0.6 is 0 Å². The van der Waals surface area contributed by atoms with Crippen LogP contribution in [-0.4, -0.2) is 27.8 Å². The lowest BCUT2D eigenvalue weighted by atomic mass is 10.1. The van der Waals surface area contributed by atoms with E-state index in [1.54, 1.807) is 0 Å². The van der Waals surface area contributed by atoms with E-state index in [0.29, 0.717) is 5.56 Å². The van der Waals surface area contributed by atoms with Crippen LogP contribution in [0.25, 0.3) is 0 Å². The summed E-state index contributed by atoms with van der Waals surface area (Å²) in [6.07, 6.45) is 8.36. The van der Waals surface area contributed by atoms with Gasteiger partial charge in [0.2, 0.25) is 5.91 Å². The number of hydrogen-bond donors (Lipinski definition) is 1. The van der Waals surface area contributed by atoms with Gasteiger partial charge in [-0.15, -0.1) is 0 Å². The van der Waals surface area contributed by atoms with Gasteiger partial charge in [-0.05, 0) is 62.1 Å². The molecule has 1 N–H and O–H groups in total. The van der Waals surface area contributed by atoms with Crippen molar-refractivity contribution in [3.8, 4) is 0 Å². The first-order valence-corrected chi connectivity index (χ1v) is 9.96. The third-order valence-corrected chi connectivity index (χ3v) is 5.69. The van der Waals surface area contributed by atoms with E-state index in [1.807, 2.05) is 48.5 Å². The fraction of sp³-hybridized carbons (Fsp3) is 0.455. The fourth-order valence-electron chi connectivity index (χ4n) is 3.93. The first-order valence-electron chi connectivity index (χ1n) is 9.96. The van der Waals surface area contributed by atoms with Crippen molar-refractivity contribution in [3.05, 3.63) is 53.9 Å². The fourth-order valence-corrected chi connectivity index (χ4v) is 3.93. The minimum absolute atomic E-state index is 0.0724. The van der Waals surface area contributed by atoms with Gasteiger partial charge in [0, 0.05) is 42.7 Å². The summed E-state index contributed by atoms with van der Waals surface area (Å²) >= 11 is 0. The predicted molar refractivity (Wildman–Crippen MR) is 105 cm³/mol. The van der Waals surface area contributed by atoms with Gasteiger partial charge in [-0.25, -0.2) is 0 Å². The maximum Gasteiger partial charge on any atom is 0.254 e. The molecule has 2 fully saturated rings. The highest BCUT2D eigenvalue weighted by atomic mass is 16.2. The topological polar surface area (TPSA) is 54.3 Å². The number of nitrogens with zero attached hydrogens (tertiary/aromatic N) is 2. The summed E-state index contributed by atoms with van der Waals surface area (Å²) in [7, 11) is 2.04. The Bertz CT molecular complexity index is 820. The Morgan fingerprint density at radius 2 is 1.78 bits per heavy atom. The molecule has 0 bridgehead atoms. The van der Waals surface area contributed by atoms with Gasteiger partial charge in [-0.3, -0.25) is 9.59 Å². The third kappa shape index (κ3) is 3.92. The van der Waals surface area contributed by atoms with E-state index in [-0.39, 0.29) is 23.8 Å². The molecule has 5 nitrogen and oxygen atoms in total. The molecule has 2 amide bonds. The van der Waals surface area contributed by atoms with Crippen LogP contribution in [0.3, 0.4) is 0 Å². The molecule has 2 aliphatic rings. The number of rotatable bonds is 4. The number of carbonyl (C=O) groups excluding carboxylic acids is 2. The number of likely N-dealkylation sites (tertiary alicyclic amines) is 1. The number of amides is 2. The predicted octanol–water partition coefficient (Wildman–Crippen LogP) is 4.13. The van der Waals surface area contributed by atoms with E-state index < -0.39 is 0 Å². The summed E-state index contributed by atoms with van der Waals surface area (Å²) in [5.74, 6) is 0.336. The van der Waals surface area contributed by atoms with Crippen LogP contribution in [0.5, 0.6) is 0 Å². The van der Waals surface area contributed by atoms with Crippen molar-refractivity contribution in [1.29, 1.82) is 0 Å². The molecule has 1 unspecified atom stereocenters. The SMILES string of the molecule is Cn1cccc1C1CCCCCN1C(=O)c1ccc(NC(=O)C2CC2)cc1. The molecule has 1 aromatic heterocycles. The highest BCUT2D eigenvalue weighted by molar-refractivity contribution is 5.97. The molecule has 1 saturated heterocycles. The molecule has 1 aromatic carbocycles. The molecule has 5 heteroatoms. The van der Waals surface area contributed by atoms with Crippen molar-refractivity contribution in [3.63, 3.8) is 0 Å². The van der Waals surface area contributed by atoms with Crippen LogP contribution in [0.1, 0.15) is 60.6 Å². The molecular weight excluding hydrogens is 338 g/mol. The molecular formula is C22H27N3O2. The number of carbonyl (C=O) groups is 2. The summed E-state index contributed by atoms with van der Waals surface area (Å²) < 4.78 is 2.12. The lowest BCUT2D eigenvalue weighted by Gasteiger charge is -2.31. The Labute approximate surface area is 160 Å². The smallest absolute Gasteiger partial charge is 0.254 e. The molecule has 27 heavy (non-hydrogen) atoms. The molecule has 142 valence electrons. The molecule has 0 spiro atoms. The maximum absolute atomic E-state index is 13.3. The second-order valence-electron chi connectivity index (χ2n) is 7.75. The lowest BCUT2D eigenvalue weighted by molar-refractivity contribution is -0.117. The first-order chi connectivity index (χ1) is 13.1. The number of hydrogen-bond acceptors (Lipinski definition) is 2. The van der Waals surface area contributed by atoms with Crippen LogP contribution in [0.15, 0.2) is 42.6 Å². The zero-order valence-electron chi connectivity index (χ0n) is 15.9. The molecule has 1 aliphatic carbocycles. The van der Waals surface area contributed by atoms with Gasteiger partial charge in [0.15, 0.2) is 0 Å². The zero-order valence-corrected chi connectivity index (χ0v) is 15.9. The number of aromatic nitrogens is 1. The Hall–Kier alpha value is -2.56. The van der Waals surface area contributed by atoms with E-state index in [9.17, 15) is 9.59 Å². The van der Waals surface area contributed by atoms with Gasteiger partial charge in [-0.1, -0.05) is 12.8 Å². The monoisotopic (exact) mass is 365 g/mol.